The molecule has 2 amide bonds. The number of benzene rings is 2. The molecule has 27 heavy (non-hydrogen) atoms. The summed E-state index contributed by atoms with van der Waals surface area (Å²) in [4.78, 5) is 34.7. The predicted octanol–water partition coefficient (Wildman–Crippen LogP) is 2.31. The number of hydrogen-bond acceptors (Lipinski definition) is 5. The lowest BCUT2D eigenvalue weighted by atomic mass is 10.1. The van der Waals surface area contributed by atoms with E-state index >= 15 is 0 Å². The van der Waals surface area contributed by atoms with E-state index in [0.717, 1.165) is 18.9 Å². The Morgan fingerprint density at radius 2 is 1.81 bits per heavy atom. The van der Waals surface area contributed by atoms with Crippen LogP contribution in [0, 0.1) is 15.9 Å². The molecule has 0 saturated heterocycles. The van der Waals surface area contributed by atoms with Gasteiger partial charge < -0.3 is 5.32 Å². The second kappa shape index (κ2) is 7.81. The number of anilines is 1. The van der Waals surface area contributed by atoms with Gasteiger partial charge in [0.15, 0.2) is 0 Å². The molecule has 0 bridgehead atoms. The minimum absolute atomic E-state index is 0.0464. The number of hydrazine groups is 1. The predicted molar refractivity (Wildman–Crippen MR) is 95.5 cm³/mol. The number of nitrogens with one attached hydrogen (secondary N) is 3. The molecule has 1 fully saturated rings. The summed E-state index contributed by atoms with van der Waals surface area (Å²) in [7, 11) is 0. The number of carbonyl (C=O) groups is 2. The number of nitrogens with zero attached hydrogens (tertiary/aromatic N) is 1. The minimum Gasteiger partial charge on any atom is -0.377 e. The number of carbonyl (C=O) groups excluding carboxylic acids is 2. The van der Waals surface area contributed by atoms with Crippen LogP contribution in [-0.4, -0.2) is 22.8 Å². The van der Waals surface area contributed by atoms with E-state index < -0.39 is 22.6 Å². The van der Waals surface area contributed by atoms with Gasteiger partial charge in [-0.25, -0.2) is 4.39 Å². The molecular formula is C18H17FN4O4. The Hall–Kier alpha value is -3.49. The zero-order chi connectivity index (χ0) is 19.4. The van der Waals surface area contributed by atoms with Gasteiger partial charge in [-0.3, -0.25) is 30.6 Å². The Bertz CT molecular complexity index is 881. The van der Waals surface area contributed by atoms with Gasteiger partial charge in [0, 0.05) is 17.7 Å². The smallest absolute Gasteiger partial charge is 0.293 e. The number of rotatable bonds is 6. The second-order valence-electron chi connectivity index (χ2n) is 6.21. The minimum atomic E-state index is -0.677. The quantitative estimate of drug-likeness (QED) is 0.532. The van der Waals surface area contributed by atoms with E-state index in [1.807, 2.05) is 0 Å². The van der Waals surface area contributed by atoms with E-state index in [1.165, 1.54) is 36.4 Å². The van der Waals surface area contributed by atoms with Gasteiger partial charge in [0.25, 0.3) is 11.6 Å². The van der Waals surface area contributed by atoms with E-state index in [4.69, 9.17) is 0 Å². The molecule has 0 heterocycles. The maximum Gasteiger partial charge on any atom is 0.293 e. The highest BCUT2D eigenvalue weighted by atomic mass is 19.1. The largest absolute Gasteiger partial charge is 0.377 e. The van der Waals surface area contributed by atoms with Gasteiger partial charge >= 0.3 is 0 Å². The highest BCUT2D eigenvalue weighted by Gasteiger charge is 2.25. The first kappa shape index (κ1) is 18.3. The Morgan fingerprint density at radius 3 is 2.44 bits per heavy atom. The fourth-order valence-electron chi connectivity index (χ4n) is 2.42. The molecule has 0 aliphatic heterocycles. The standard InChI is InChI=1S/C18H17FN4O4/c19-13-4-1-11(2-5-13)9-17(24)21-22-18(25)12-3-8-15(20-14-6-7-14)16(10-12)23(26)27/h1-5,8,10,14,20H,6-7,9H2,(H,21,24)(H,22,25). The van der Waals surface area contributed by atoms with Crippen LogP contribution in [0.5, 0.6) is 0 Å². The van der Waals surface area contributed by atoms with E-state index in [9.17, 15) is 24.1 Å². The zero-order valence-corrected chi connectivity index (χ0v) is 14.2. The third-order valence-electron chi connectivity index (χ3n) is 3.99. The van der Waals surface area contributed by atoms with Crippen molar-refractivity contribution in [1.29, 1.82) is 0 Å². The van der Waals surface area contributed by atoms with E-state index in [1.54, 1.807) is 0 Å². The molecule has 2 aromatic rings. The van der Waals surface area contributed by atoms with Crippen molar-refractivity contribution in [2.24, 2.45) is 0 Å². The van der Waals surface area contributed by atoms with Crippen LogP contribution in [-0.2, 0) is 11.2 Å². The second-order valence-corrected chi connectivity index (χ2v) is 6.21. The lowest BCUT2D eigenvalue weighted by molar-refractivity contribution is -0.384. The van der Waals surface area contributed by atoms with Crippen LogP contribution < -0.4 is 16.2 Å². The lowest BCUT2D eigenvalue weighted by Crippen LogP contribution is -2.42. The summed E-state index contributed by atoms with van der Waals surface area (Å²) in [5.41, 5.74) is 5.23. The normalized spacial score (nSPS) is 12.9. The Balaban J connectivity index is 1.59. The molecule has 3 rings (SSSR count). The van der Waals surface area contributed by atoms with E-state index in [-0.39, 0.29) is 23.7 Å². The summed E-state index contributed by atoms with van der Waals surface area (Å²) in [6.45, 7) is 0. The lowest BCUT2D eigenvalue weighted by Gasteiger charge is -2.09. The van der Waals surface area contributed by atoms with E-state index in [0.29, 0.717) is 11.3 Å². The monoisotopic (exact) mass is 372 g/mol. The highest BCUT2D eigenvalue weighted by Crippen LogP contribution is 2.31. The molecule has 2 aromatic carbocycles. The average Bonchev–Trinajstić information content (AvgIpc) is 3.46. The molecule has 1 aliphatic carbocycles. The number of hydrogen-bond donors (Lipinski definition) is 3. The molecule has 9 heteroatoms. The van der Waals surface area contributed by atoms with Gasteiger partial charge in [-0.05, 0) is 42.7 Å². The molecule has 140 valence electrons. The van der Waals surface area contributed by atoms with Gasteiger partial charge in [0.2, 0.25) is 5.91 Å². The number of nitro groups is 1. The molecule has 0 aromatic heterocycles. The van der Waals surface area contributed by atoms with Gasteiger partial charge in [-0.15, -0.1) is 0 Å². The maximum absolute atomic E-state index is 12.8. The Kier molecular flexibility index (Phi) is 5.30. The van der Waals surface area contributed by atoms with Gasteiger partial charge in [0.1, 0.15) is 11.5 Å². The van der Waals surface area contributed by atoms with Crippen molar-refractivity contribution in [3.05, 3.63) is 69.5 Å². The molecule has 3 N–H and O–H groups in total. The first-order valence-electron chi connectivity index (χ1n) is 8.31. The fourth-order valence-corrected chi connectivity index (χ4v) is 2.42. The third-order valence-corrected chi connectivity index (χ3v) is 3.99. The van der Waals surface area contributed by atoms with Crippen LogP contribution in [0.3, 0.4) is 0 Å². The van der Waals surface area contributed by atoms with Crippen LogP contribution in [0.2, 0.25) is 0 Å². The Morgan fingerprint density at radius 1 is 1.11 bits per heavy atom. The summed E-state index contributed by atoms with van der Waals surface area (Å²) in [5.74, 6) is -1.59. The highest BCUT2D eigenvalue weighted by molar-refractivity contribution is 5.96. The summed E-state index contributed by atoms with van der Waals surface area (Å²) >= 11 is 0. The molecule has 0 unspecified atom stereocenters. The van der Waals surface area contributed by atoms with Crippen molar-refractivity contribution < 1.29 is 18.9 Å². The Labute approximate surface area is 153 Å². The van der Waals surface area contributed by atoms with Crippen LogP contribution >= 0.6 is 0 Å². The number of nitro benzene ring substituents is 1. The molecule has 0 atom stereocenters. The summed E-state index contributed by atoms with van der Waals surface area (Å²) in [6.07, 6.45) is 1.86. The molecule has 1 aliphatic rings. The van der Waals surface area contributed by atoms with Crippen LogP contribution in [0.15, 0.2) is 42.5 Å². The molecule has 1 saturated carbocycles. The topological polar surface area (TPSA) is 113 Å². The average molecular weight is 372 g/mol. The van der Waals surface area contributed by atoms with Crippen LogP contribution in [0.25, 0.3) is 0 Å². The van der Waals surface area contributed by atoms with Crippen molar-refractivity contribution in [2.75, 3.05) is 5.32 Å². The van der Waals surface area contributed by atoms with Crippen molar-refractivity contribution in [2.45, 2.75) is 25.3 Å². The van der Waals surface area contributed by atoms with Crippen molar-refractivity contribution in [3.63, 3.8) is 0 Å². The molecule has 8 nitrogen and oxygen atoms in total. The maximum atomic E-state index is 12.8. The van der Waals surface area contributed by atoms with Gasteiger partial charge in [-0.1, -0.05) is 12.1 Å². The number of amides is 2. The summed E-state index contributed by atoms with van der Waals surface area (Å²) in [5, 5.41) is 14.3. The van der Waals surface area contributed by atoms with Crippen molar-refractivity contribution in [1.82, 2.24) is 10.9 Å². The summed E-state index contributed by atoms with van der Waals surface area (Å²) < 4.78 is 12.8. The van der Waals surface area contributed by atoms with Gasteiger partial charge in [-0.2, -0.15) is 0 Å². The fraction of sp³-hybridized carbons (Fsp3) is 0.222. The SMILES string of the molecule is O=C(Cc1ccc(F)cc1)NNC(=O)c1ccc(NC2CC2)c([N+](=O)[O-])c1. The third kappa shape index (κ3) is 5.00. The van der Waals surface area contributed by atoms with Crippen molar-refractivity contribution in [3.8, 4) is 0 Å². The first-order chi connectivity index (χ1) is 12.9. The summed E-state index contributed by atoms with van der Waals surface area (Å²) in [6, 6.07) is 9.71. The van der Waals surface area contributed by atoms with Crippen LogP contribution in [0.4, 0.5) is 15.8 Å². The van der Waals surface area contributed by atoms with Crippen molar-refractivity contribution >= 4 is 23.2 Å². The molecule has 0 spiro atoms. The number of halogens is 1. The first-order valence-corrected chi connectivity index (χ1v) is 8.31. The molecule has 0 radical (unpaired) electrons. The van der Waals surface area contributed by atoms with E-state index in [2.05, 4.69) is 16.2 Å². The molecular weight excluding hydrogens is 355 g/mol. The van der Waals surface area contributed by atoms with Gasteiger partial charge in [0.05, 0.1) is 11.3 Å². The van der Waals surface area contributed by atoms with Crippen LogP contribution in [0.1, 0.15) is 28.8 Å². The zero-order valence-electron chi connectivity index (χ0n) is 14.2.